The first-order chi connectivity index (χ1) is 17.0. The van der Waals surface area contributed by atoms with Gasteiger partial charge in [-0.3, -0.25) is 14.7 Å². The van der Waals surface area contributed by atoms with Crippen LogP contribution in [0, 0.1) is 11.7 Å². The van der Waals surface area contributed by atoms with Gasteiger partial charge in [0, 0.05) is 12.2 Å². The zero-order chi connectivity index (χ0) is 23.9. The van der Waals surface area contributed by atoms with E-state index in [1.165, 1.54) is 48.4 Å². The van der Waals surface area contributed by atoms with Crippen molar-refractivity contribution < 1.29 is 9.18 Å². The highest BCUT2D eigenvalue weighted by atomic mass is 32.1. The van der Waals surface area contributed by atoms with Crippen molar-refractivity contribution in [2.24, 2.45) is 5.92 Å². The molecule has 2 N–H and O–H groups in total. The minimum absolute atomic E-state index is 0.0165. The number of thiazole rings is 1. The second kappa shape index (κ2) is 8.59. The summed E-state index contributed by atoms with van der Waals surface area (Å²) in [6, 6.07) is 16.6. The number of hydrogen-bond acceptors (Lipinski definition) is 5. The molecule has 5 aromatic rings. The summed E-state index contributed by atoms with van der Waals surface area (Å²) in [5.41, 5.74) is 3.70. The molecule has 0 saturated heterocycles. The molecule has 3 aromatic carbocycles. The number of benzene rings is 3. The number of carbonyl (C=O) groups is 1. The molecule has 35 heavy (non-hydrogen) atoms. The molecule has 1 aliphatic carbocycles. The Balaban J connectivity index is 1.25. The number of anilines is 2. The first kappa shape index (κ1) is 21.4. The summed E-state index contributed by atoms with van der Waals surface area (Å²) in [4.78, 5) is 34.3. The van der Waals surface area contributed by atoms with E-state index < -0.39 is 6.03 Å². The minimum Gasteiger partial charge on any atom is -0.308 e. The molecule has 7 nitrogen and oxygen atoms in total. The number of fused-ring (bicyclic) bond motifs is 2. The summed E-state index contributed by atoms with van der Waals surface area (Å²) in [5.74, 6) is 0.215. The first-order valence-corrected chi connectivity index (χ1v) is 12.1. The zero-order valence-corrected chi connectivity index (χ0v) is 19.3. The van der Waals surface area contributed by atoms with E-state index in [2.05, 4.69) is 20.6 Å². The van der Waals surface area contributed by atoms with Gasteiger partial charge in [0.05, 0.1) is 27.4 Å². The molecular formula is C26H20FN5O2S. The normalized spacial score (nSPS) is 13.3. The first-order valence-electron chi connectivity index (χ1n) is 11.3. The van der Waals surface area contributed by atoms with Crippen LogP contribution in [0.1, 0.15) is 12.8 Å². The predicted molar refractivity (Wildman–Crippen MR) is 136 cm³/mol. The van der Waals surface area contributed by atoms with Gasteiger partial charge in [0.15, 0.2) is 5.13 Å². The van der Waals surface area contributed by atoms with Crippen molar-refractivity contribution in [2.45, 2.75) is 19.4 Å². The van der Waals surface area contributed by atoms with Gasteiger partial charge in [-0.25, -0.2) is 19.2 Å². The lowest BCUT2D eigenvalue weighted by molar-refractivity contribution is 0.262. The van der Waals surface area contributed by atoms with Crippen molar-refractivity contribution in [1.82, 2.24) is 14.5 Å². The topological polar surface area (TPSA) is 88.9 Å². The number of aromatic nitrogens is 3. The average Bonchev–Trinajstić information content (AvgIpc) is 3.59. The Kier molecular flexibility index (Phi) is 5.26. The summed E-state index contributed by atoms with van der Waals surface area (Å²) in [6.07, 6.45) is 3.98. The van der Waals surface area contributed by atoms with E-state index in [4.69, 9.17) is 0 Å². The molecule has 174 valence electrons. The molecule has 1 saturated carbocycles. The van der Waals surface area contributed by atoms with Crippen LogP contribution in [-0.2, 0) is 6.54 Å². The van der Waals surface area contributed by atoms with Crippen molar-refractivity contribution in [3.05, 3.63) is 83.2 Å². The van der Waals surface area contributed by atoms with E-state index >= 15 is 0 Å². The van der Waals surface area contributed by atoms with Crippen LogP contribution in [0.5, 0.6) is 0 Å². The summed E-state index contributed by atoms with van der Waals surface area (Å²) in [7, 11) is 0. The Labute approximate surface area is 203 Å². The zero-order valence-electron chi connectivity index (χ0n) is 18.5. The molecule has 0 bridgehead atoms. The maximum Gasteiger partial charge on any atom is 0.325 e. The Morgan fingerprint density at radius 1 is 1.00 bits per heavy atom. The highest BCUT2D eigenvalue weighted by molar-refractivity contribution is 7.22. The number of hydrogen-bond donors (Lipinski definition) is 2. The Hall–Kier alpha value is -4.11. The van der Waals surface area contributed by atoms with Crippen molar-refractivity contribution >= 4 is 49.3 Å². The molecule has 2 aromatic heterocycles. The molecule has 6 rings (SSSR count). The number of rotatable bonds is 5. The van der Waals surface area contributed by atoms with Gasteiger partial charge in [-0.1, -0.05) is 23.5 Å². The number of urea groups is 1. The third-order valence-corrected chi connectivity index (χ3v) is 6.97. The predicted octanol–water partition coefficient (Wildman–Crippen LogP) is 5.87. The van der Waals surface area contributed by atoms with Gasteiger partial charge < -0.3 is 5.32 Å². The van der Waals surface area contributed by atoms with Crippen LogP contribution in [0.4, 0.5) is 20.0 Å². The molecule has 0 atom stereocenters. The van der Waals surface area contributed by atoms with E-state index in [0.717, 1.165) is 27.9 Å². The van der Waals surface area contributed by atoms with Crippen LogP contribution in [-0.4, -0.2) is 20.6 Å². The molecule has 1 fully saturated rings. The Morgan fingerprint density at radius 3 is 2.57 bits per heavy atom. The lowest BCUT2D eigenvalue weighted by Crippen LogP contribution is -2.21. The van der Waals surface area contributed by atoms with Crippen LogP contribution in [0.25, 0.3) is 32.2 Å². The molecule has 9 heteroatoms. The highest BCUT2D eigenvalue weighted by Crippen LogP contribution is 2.32. The minimum atomic E-state index is -0.458. The molecule has 0 unspecified atom stereocenters. The largest absolute Gasteiger partial charge is 0.325 e. The lowest BCUT2D eigenvalue weighted by Gasteiger charge is -2.07. The van der Waals surface area contributed by atoms with Gasteiger partial charge in [-0.2, -0.15) is 0 Å². The monoisotopic (exact) mass is 485 g/mol. The van der Waals surface area contributed by atoms with Crippen LogP contribution >= 0.6 is 11.3 Å². The summed E-state index contributed by atoms with van der Waals surface area (Å²) < 4.78 is 15.7. The maximum absolute atomic E-state index is 13.0. The maximum atomic E-state index is 13.0. The van der Waals surface area contributed by atoms with E-state index in [-0.39, 0.29) is 11.4 Å². The fourth-order valence-electron chi connectivity index (χ4n) is 4.00. The number of nitrogens with one attached hydrogen (secondary N) is 2. The Bertz CT molecular complexity index is 1640. The van der Waals surface area contributed by atoms with Crippen molar-refractivity contribution in [2.75, 3.05) is 10.6 Å². The van der Waals surface area contributed by atoms with Gasteiger partial charge in [0.25, 0.3) is 5.56 Å². The van der Waals surface area contributed by atoms with Crippen LogP contribution in [0.3, 0.4) is 0 Å². The van der Waals surface area contributed by atoms with Crippen LogP contribution in [0.15, 0.2) is 71.8 Å². The van der Waals surface area contributed by atoms with Gasteiger partial charge in [-0.05, 0) is 78.4 Å². The second-order valence-electron chi connectivity index (χ2n) is 8.66. The van der Waals surface area contributed by atoms with E-state index in [1.54, 1.807) is 10.9 Å². The summed E-state index contributed by atoms with van der Waals surface area (Å²) >= 11 is 1.35. The third-order valence-electron chi connectivity index (χ3n) is 6.02. The number of nitrogens with zero attached hydrogens (tertiary/aromatic N) is 3. The smallest absolute Gasteiger partial charge is 0.308 e. The fourth-order valence-corrected chi connectivity index (χ4v) is 4.84. The average molecular weight is 486 g/mol. The van der Waals surface area contributed by atoms with E-state index in [9.17, 15) is 14.0 Å². The van der Waals surface area contributed by atoms with E-state index in [0.29, 0.717) is 27.6 Å². The molecular weight excluding hydrogens is 465 g/mol. The van der Waals surface area contributed by atoms with Gasteiger partial charge in [-0.15, -0.1) is 0 Å². The Morgan fingerprint density at radius 2 is 1.77 bits per heavy atom. The third kappa shape index (κ3) is 4.50. The molecule has 0 spiro atoms. The second-order valence-corrected chi connectivity index (χ2v) is 9.70. The van der Waals surface area contributed by atoms with Crippen LogP contribution < -0.4 is 16.2 Å². The number of halogens is 1. The van der Waals surface area contributed by atoms with E-state index in [1.807, 2.05) is 36.4 Å². The lowest BCUT2D eigenvalue weighted by atomic mass is 10.0. The highest BCUT2D eigenvalue weighted by Gasteiger charge is 2.22. The molecule has 1 aliphatic rings. The molecule has 2 heterocycles. The molecule has 0 radical (unpaired) electrons. The molecule has 2 amide bonds. The number of amides is 2. The standard InChI is InChI=1S/C26H20FN5O2S/c27-18-5-7-19(8-6-18)29-25(34)31-26-30-22-12-17(4-10-23(22)35-26)16-3-9-21-20(11-16)24(33)32(14-28-21)13-15-1-2-15/h3-12,14-15H,1-2,13H2,(H2,29,30,31,34). The van der Waals surface area contributed by atoms with Crippen molar-refractivity contribution in [3.8, 4) is 11.1 Å². The van der Waals surface area contributed by atoms with Crippen molar-refractivity contribution in [1.29, 1.82) is 0 Å². The summed E-state index contributed by atoms with van der Waals surface area (Å²) in [6.45, 7) is 0.724. The van der Waals surface area contributed by atoms with Gasteiger partial charge in [0.1, 0.15) is 5.82 Å². The molecule has 0 aliphatic heterocycles. The SMILES string of the molecule is O=C(Nc1ccc(F)cc1)Nc1nc2cc(-c3ccc4ncn(CC5CC5)c(=O)c4c3)ccc2s1. The van der Waals surface area contributed by atoms with Crippen molar-refractivity contribution in [3.63, 3.8) is 0 Å². The van der Waals surface area contributed by atoms with Gasteiger partial charge >= 0.3 is 6.03 Å². The fraction of sp³-hybridized carbons (Fsp3) is 0.154. The van der Waals surface area contributed by atoms with Gasteiger partial charge in [0.2, 0.25) is 0 Å². The quantitative estimate of drug-likeness (QED) is 0.326. The number of carbonyl (C=O) groups excluding carboxylic acids is 1. The van der Waals surface area contributed by atoms with Crippen LogP contribution in [0.2, 0.25) is 0 Å². The summed E-state index contributed by atoms with van der Waals surface area (Å²) in [5, 5.41) is 6.42.